The van der Waals surface area contributed by atoms with Crippen molar-refractivity contribution in [1.29, 1.82) is 0 Å². The number of hydrogen-bond donors (Lipinski definition) is 1. The minimum Gasteiger partial charge on any atom is -0.478 e. The summed E-state index contributed by atoms with van der Waals surface area (Å²) in [4.78, 5) is 12.9. The number of aliphatic carboxylic acids is 1. The van der Waals surface area contributed by atoms with Gasteiger partial charge in [-0.2, -0.15) is 0 Å². The van der Waals surface area contributed by atoms with Crippen LogP contribution in [0.1, 0.15) is 25.0 Å². The first-order valence-electron chi connectivity index (χ1n) is 7.19. The number of benzene rings is 1. The summed E-state index contributed by atoms with van der Waals surface area (Å²) in [6.07, 6.45) is 2.77. The minimum absolute atomic E-state index is 0.563. The van der Waals surface area contributed by atoms with Crippen LogP contribution in [0.25, 0.3) is 6.08 Å². The molecule has 0 saturated heterocycles. The quantitative estimate of drug-likeness (QED) is 0.747. The molecular weight excluding hydrogens is 266 g/mol. The summed E-state index contributed by atoms with van der Waals surface area (Å²) < 4.78 is 5.19. The van der Waals surface area contributed by atoms with Gasteiger partial charge in [0.15, 0.2) is 0 Å². The van der Waals surface area contributed by atoms with Gasteiger partial charge in [0.05, 0.1) is 6.61 Å². The Bertz CT molecular complexity index is 495. The lowest BCUT2D eigenvalue weighted by molar-refractivity contribution is -0.131. The second kappa shape index (κ2) is 8.47. The highest BCUT2D eigenvalue weighted by Crippen LogP contribution is 2.23. The molecule has 0 radical (unpaired) electrons. The highest BCUT2D eigenvalue weighted by molar-refractivity contribution is 5.85. The number of anilines is 1. The van der Waals surface area contributed by atoms with Crippen molar-refractivity contribution in [3.8, 4) is 0 Å². The Morgan fingerprint density at radius 2 is 2.14 bits per heavy atom. The van der Waals surface area contributed by atoms with E-state index >= 15 is 0 Å². The van der Waals surface area contributed by atoms with Crippen molar-refractivity contribution < 1.29 is 14.6 Å². The lowest BCUT2D eigenvalue weighted by Crippen LogP contribution is -2.31. The Hall–Kier alpha value is -1.81. The zero-order valence-corrected chi connectivity index (χ0v) is 13.3. The SMILES string of the molecule is COCCN(CC(C)C)c1ccc(C=CC(=O)O)cc1C. The molecule has 0 spiro atoms. The number of rotatable bonds is 8. The number of aryl methyl sites for hydroxylation is 1. The van der Waals surface area contributed by atoms with E-state index in [2.05, 4.69) is 24.8 Å². The van der Waals surface area contributed by atoms with Crippen molar-refractivity contribution in [2.24, 2.45) is 5.92 Å². The molecule has 4 heteroatoms. The van der Waals surface area contributed by atoms with Crippen LogP contribution in [0.3, 0.4) is 0 Å². The highest BCUT2D eigenvalue weighted by Gasteiger charge is 2.11. The maximum absolute atomic E-state index is 10.6. The van der Waals surface area contributed by atoms with Crippen LogP contribution in [0.2, 0.25) is 0 Å². The van der Waals surface area contributed by atoms with Crippen LogP contribution >= 0.6 is 0 Å². The van der Waals surface area contributed by atoms with Gasteiger partial charge in [0.1, 0.15) is 0 Å². The molecule has 0 heterocycles. The van der Waals surface area contributed by atoms with Crippen LogP contribution in [-0.2, 0) is 9.53 Å². The predicted molar refractivity (Wildman–Crippen MR) is 86.8 cm³/mol. The molecule has 0 bridgehead atoms. The van der Waals surface area contributed by atoms with Crippen molar-refractivity contribution in [1.82, 2.24) is 0 Å². The number of hydrogen-bond acceptors (Lipinski definition) is 3. The fourth-order valence-corrected chi connectivity index (χ4v) is 2.26. The lowest BCUT2D eigenvalue weighted by atomic mass is 10.1. The number of methoxy groups -OCH3 is 1. The van der Waals surface area contributed by atoms with E-state index in [-0.39, 0.29) is 0 Å². The van der Waals surface area contributed by atoms with Crippen molar-refractivity contribution in [3.05, 3.63) is 35.4 Å². The summed E-state index contributed by atoms with van der Waals surface area (Å²) in [6.45, 7) is 8.94. The zero-order chi connectivity index (χ0) is 15.8. The molecule has 0 aliphatic heterocycles. The first-order valence-corrected chi connectivity index (χ1v) is 7.19. The van der Waals surface area contributed by atoms with Gasteiger partial charge in [-0.15, -0.1) is 0 Å². The van der Waals surface area contributed by atoms with E-state index in [0.717, 1.165) is 30.3 Å². The summed E-state index contributed by atoms with van der Waals surface area (Å²) in [5.41, 5.74) is 3.21. The first-order chi connectivity index (χ1) is 9.93. The van der Waals surface area contributed by atoms with Crippen LogP contribution in [0, 0.1) is 12.8 Å². The molecule has 0 amide bonds. The molecule has 0 aromatic heterocycles. The predicted octanol–water partition coefficient (Wildman–Crippen LogP) is 3.20. The normalized spacial score (nSPS) is 11.3. The molecule has 0 fully saturated rings. The van der Waals surface area contributed by atoms with Gasteiger partial charge in [0.25, 0.3) is 0 Å². The molecule has 0 aliphatic carbocycles. The average molecular weight is 291 g/mol. The number of carbonyl (C=O) groups is 1. The van der Waals surface area contributed by atoms with Crippen molar-refractivity contribution >= 4 is 17.7 Å². The van der Waals surface area contributed by atoms with Crippen molar-refractivity contribution in [3.63, 3.8) is 0 Å². The van der Waals surface area contributed by atoms with Crippen LogP contribution in [0.15, 0.2) is 24.3 Å². The smallest absolute Gasteiger partial charge is 0.328 e. The second-order valence-electron chi connectivity index (χ2n) is 5.55. The zero-order valence-electron chi connectivity index (χ0n) is 13.3. The molecule has 1 N–H and O–H groups in total. The van der Waals surface area contributed by atoms with Gasteiger partial charge in [0, 0.05) is 32.0 Å². The Labute approximate surface area is 127 Å². The summed E-state index contributed by atoms with van der Waals surface area (Å²) in [6, 6.07) is 6.01. The Morgan fingerprint density at radius 3 is 2.67 bits per heavy atom. The number of carboxylic acid groups (broad SMARTS) is 1. The van der Waals surface area contributed by atoms with Crippen molar-refractivity contribution in [2.75, 3.05) is 31.7 Å². The Balaban J connectivity index is 2.95. The molecule has 4 nitrogen and oxygen atoms in total. The van der Waals surface area contributed by atoms with Gasteiger partial charge in [-0.25, -0.2) is 4.79 Å². The molecule has 0 aliphatic rings. The number of nitrogens with zero attached hydrogens (tertiary/aromatic N) is 1. The first kappa shape index (κ1) is 17.2. The summed E-state index contributed by atoms with van der Waals surface area (Å²) in [5.74, 6) is -0.369. The van der Waals surface area contributed by atoms with E-state index < -0.39 is 5.97 Å². The third-order valence-electron chi connectivity index (χ3n) is 3.13. The van der Waals surface area contributed by atoms with Gasteiger partial charge in [0.2, 0.25) is 0 Å². The van der Waals surface area contributed by atoms with Crippen molar-refractivity contribution in [2.45, 2.75) is 20.8 Å². The average Bonchev–Trinajstić information content (AvgIpc) is 2.41. The van der Waals surface area contributed by atoms with E-state index in [1.54, 1.807) is 13.2 Å². The minimum atomic E-state index is -0.932. The molecule has 1 aromatic carbocycles. The second-order valence-corrected chi connectivity index (χ2v) is 5.55. The van der Waals surface area contributed by atoms with E-state index in [9.17, 15) is 4.79 Å². The monoisotopic (exact) mass is 291 g/mol. The third-order valence-corrected chi connectivity index (χ3v) is 3.13. The Morgan fingerprint density at radius 1 is 1.43 bits per heavy atom. The van der Waals surface area contributed by atoms with Gasteiger partial charge in [-0.05, 0) is 42.2 Å². The van der Waals surface area contributed by atoms with Crippen LogP contribution in [-0.4, -0.2) is 37.9 Å². The molecule has 0 saturated carbocycles. The van der Waals surface area contributed by atoms with Gasteiger partial charge >= 0.3 is 5.97 Å². The molecule has 116 valence electrons. The van der Waals surface area contributed by atoms with E-state index in [4.69, 9.17) is 9.84 Å². The van der Waals surface area contributed by atoms with E-state index in [0.29, 0.717) is 12.5 Å². The van der Waals surface area contributed by atoms with Gasteiger partial charge in [-0.1, -0.05) is 19.9 Å². The summed E-state index contributed by atoms with van der Waals surface area (Å²) in [7, 11) is 1.71. The fourth-order valence-electron chi connectivity index (χ4n) is 2.26. The summed E-state index contributed by atoms with van der Waals surface area (Å²) >= 11 is 0. The molecule has 0 atom stereocenters. The number of ether oxygens (including phenoxy) is 1. The molecular formula is C17H25NO3. The van der Waals surface area contributed by atoms with E-state index in [1.165, 1.54) is 5.69 Å². The topological polar surface area (TPSA) is 49.8 Å². The van der Waals surface area contributed by atoms with Crippen LogP contribution in [0.4, 0.5) is 5.69 Å². The maximum Gasteiger partial charge on any atom is 0.328 e. The Kier molecular flexibility index (Phi) is 6.96. The van der Waals surface area contributed by atoms with Crippen LogP contribution < -0.4 is 4.90 Å². The molecule has 0 unspecified atom stereocenters. The number of carboxylic acids is 1. The summed E-state index contributed by atoms with van der Waals surface area (Å²) in [5, 5.41) is 8.67. The fraction of sp³-hybridized carbons (Fsp3) is 0.471. The van der Waals surface area contributed by atoms with Gasteiger partial charge in [-0.3, -0.25) is 0 Å². The molecule has 1 aromatic rings. The third kappa shape index (κ3) is 6.00. The van der Waals surface area contributed by atoms with E-state index in [1.807, 2.05) is 19.1 Å². The largest absolute Gasteiger partial charge is 0.478 e. The van der Waals surface area contributed by atoms with Gasteiger partial charge < -0.3 is 14.7 Å². The maximum atomic E-state index is 10.6. The molecule has 21 heavy (non-hydrogen) atoms. The molecule has 1 rings (SSSR count). The highest BCUT2D eigenvalue weighted by atomic mass is 16.5. The lowest BCUT2D eigenvalue weighted by Gasteiger charge is -2.28. The standard InChI is InChI=1S/C17H25NO3/c1-13(2)12-18(9-10-21-4)16-7-5-15(11-14(16)3)6-8-17(19)20/h5-8,11,13H,9-10,12H2,1-4H3,(H,19,20). The van der Waals surface area contributed by atoms with Crippen LogP contribution in [0.5, 0.6) is 0 Å².